The number of hydrogen-bond donors (Lipinski definition) is 2. The summed E-state index contributed by atoms with van der Waals surface area (Å²) >= 11 is 0. The number of hydrogen-bond acceptors (Lipinski definition) is 3. The van der Waals surface area contributed by atoms with Gasteiger partial charge in [0.15, 0.2) is 0 Å². The molecule has 0 heterocycles. The molecule has 0 saturated heterocycles. The summed E-state index contributed by atoms with van der Waals surface area (Å²) in [7, 11) is 0. The third-order valence-corrected chi connectivity index (χ3v) is 5.33. The van der Waals surface area contributed by atoms with E-state index in [1.165, 1.54) is 36.2 Å². The molecule has 4 nitrogen and oxygen atoms in total. The standard InChI is InChI=1S/C24H26FN3O/c1-17(20-11-10-18-6-2-3-8-21(18)14-20)28-24(29)22(15-26)16-27-13-12-19-7-4-5-9-23(19)25/h4-5,7,9-11,14,16-17,27H,2-3,6,8,12-13H2,1H3,(H,28,29)/b22-16-. The molecule has 0 aromatic heterocycles. The normalized spacial score (nSPS) is 14.4. The summed E-state index contributed by atoms with van der Waals surface area (Å²) in [5.41, 5.74) is 4.40. The summed E-state index contributed by atoms with van der Waals surface area (Å²) in [6, 6.07) is 14.7. The van der Waals surface area contributed by atoms with Gasteiger partial charge in [0.25, 0.3) is 5.91 Å². The van der Waals surface area contributed by atoms with Gasteiger partial charge in [0.05, 0.1) is 6.04 Å². The molecule has 0 bridgehead atoms. The molecule has 0 spiro atoms. The third kappa shape index (κ3) is 5.45. The van der Waals surface area contributed by atoms with Gasteiger partial charge < -0.3 is 10.6 Å². The maximum Gasteiger partial charge on any atom is 0.263 e. The van der Waals surface area contributed by atoms with Gasteiger partial charge in [-0.2, -0.15) is 5.26 Å². The lowest BCUT2D eigenvalue weighted by Gasteiger charge is -2.20. The van der Waals surface area contributed by atoms with Crippen LogP contribution in [-0.2, 0) is 24.1 Å². The van der Waals surface area contributed by atoms with E-state index in [1.54, 1.807) is 18.2 Å². The van der Waals surface area contributed by atoms with E-state index in [-0.39, 0.29) is 17.4 Å². The first-order valence-corrected chi connectivity index (χ1v) is 10.1. The molecule has 29 heavy (non-hydrogen) atoms. The second-order valence-corrected chi connectivity index (χ2v) is 7.40. The van der Waals surface area contributed by atoms with E-state index in [4.69, 9.17) is 0 Å². The van der Waals surface area contributed by atoms with E-state index in [1.807, 2.05) is 13.0 Å². The van der Waals surface area contributed by atoms with Crippen molar-refractivity contribution < 1.29 is 9.18 Å². The zero-order chi connectivity index (χ0) is 20.6. The topological polar surface area (TPSA) is 64.9 Å². The number of rotatable bonds is 7. The minimum atomic E-state index is -0.420. The van der Waals surface area contributed by atoms with E-state index in [0.29, 0.717) is 18.5 Å². The molecule has 0 radical (unpaired) electrons. The molecule has 1 aliphatic rings. The van der Waals surface area contributed by atoms with Crippen LogP contribution in [0.5, 0.6) is 0 Å². The summed E-state index contributed by atoms with van der Waals surface area (Å²) in [5.74, 6) is -0.675. The number of carbonyl (C=O) groups is 1. The van der Waals surface area contributed by atoms with Crippen LogP contribution in [0.15, 0.2) is 54.2 Å². The fraction of sp³-hybridized carbons (Fsp3) is 0.333. The van der Waals surface area contributed by atoms with Gasteiger partial charge >= 0.3 is 0 Å². The van der Waals surface area contributed by atoms with E-state index in [2.05, 4.69) is 28.8 Å². The first-order chi connectivity index (χ1) is 14.1. The lowest BCUT2D eigenvalue weighted by molar-refractivity contribution is -0.117. The smallest absolute Gasteiger partial charge is 0.263 e. The molecule has 150 valence electrons. The molecule has 0 aliphatic heterocycles. The molecule has 2 aromatic rings. The van der Waals surface area contributed by atoms with Crippen molar-refractivity contribution >= 4 is 5.91 Å². The summed E-state index contributed by atoms with van der Waals surface area (Å²) in [4.78, 5) is 12.5. The van der Waals surface area contributed by atoms with Gasteiger partial charge in [-0.25, -0.2) is 4.39 Å². The van der Waals surface area contributed by atoms with Gasteiger partial charge in [-0.3, -0.25) is 4.79 Å². The van der Waals surface area contributed by atoms with Crippen molar-refractivity contribution in [1.29, 1.82) is 5.26 Å². The second-order valence-electron chi connectivity index (χ2n) is 7.40. The Hall–Kier alpha value is -3.13. The van der Waals surface area contributed by atoms with Crippen LogP contribution in [0.25, 0.3) is 0 Å². The van der Waals surface area contributed by atoms with E-state index in [0.717, 1.165) is 18.4 Å². The zero-order valence-corrected chi connectivity index (χ0v) is 16.7. The van der Waals surface area contributed by atoms with Crippen LogP contribution in [0, 0.1) is 17.1 Å². The number of halogens is 1. The number of nitrogens with zero attached hydrogens (tertiary/aromatic N) is 1. The average Bonchev–Trinajstić information content (AvgIpc) is 2.74. The first-order valence-electron chi connectivity index (χ1n) is 10.1. The van der Waals surface area contributed by atoms with Crippen molar-refractivity contribution in [3.8, 4) is 6.07 Å². The molecule has 1 unspecified atom stereocenters. The van der Waals surface area contributed by atoms with Crippen LogP contribution in [0.4, 0.5) is 4.39 Å². The van der Waals surface area contributed by atoms with Gasteiger partial charge in [0.2, 0.25) is 0 Å². The zero-order valence-electron chi connectivity index (χ0n) is 16.7. The molecule has 1 atom stereocenters. The SMILES string of the molecule is CC(NC(=O)/C(C#N)=C\NCCc1ccccc1F)c1ccc2c(c1)CCCC2. The van der Waals surface area contributed by atoms with Gasteiger partial charge in [0.1, 0.15) is 17.5 Å². The lowest BCUT2D eigenvalue weighted by atomic mass is 9.89. The summed E-state index contributed by atoms with van der Waals surface area (Å²) in [5, 5.41) is 15.1. The van der Waals surface area contributed by atoms with Gasteiger partial charge in [-0.05, 0) is 67.3 Å². The predicted molar refractivity (Wildman–Crippen MR) is 111 cm³/mol. The number of amides is 1. The van der Waals surface area contributed by atoms with Crippen LogP contribution in [-0.4, -0.2) is 12.5 Å². The molecule has 2 aromatic carbocycles. The van der Waals surface area contributed by atoms with E-state index < -0.39 is 5.91 Å². The second kappa shape index (κ2) is 9.88. The van der Waals surface area contributed by atoms with Crippen molar-refractivity contribution in [2.45, 2.75) is 45.1 Å². The number of nitrogens with one attached hydrogen (secondary N) is 2. The molecule has 1 amide bonds. The summed E-state index contributed by atoms with van der Waals surface area (Å²) < 4.78 is 13.6. The van der Waals surface area contributed by atoms with Crippen molar-refractivity contribution in [3.05, 3.63) is 82.3 Å². The first kappa shape index (κ1) is 20.6. The number of aryl methyl sites for hydroxylation is 2. The summed E-state index contributed by atoms with van der Waals surface area (Å²) in [6.45, 7) is 2.35. The molecule has 5 heteroatoms. The monoisotopic (exact) mass is 391 g/mol. The van der Waals surface area contributed by atoms with Crippen LogP contribution in [0.1, 0.15) is 48.1 Å². The molecule has 0 fully saturated rings. The minimum absolute atomic E-state index is 0.00310. The average molecular weight is 391 g/mol. The predicted octanol–water partition coefficient (Wildman–Crippen LogP) is 4.12. The molecule has 2 N–H and O–H groups in total. The maximum absolute atomic E-state index is 13.6. The lowest BCUT2D eigenvalue weighted by Crippen LogP contribution is -2.29. The highest BCUT2D eigenvalue weighted by Gasteiger charge is 2.16. The van der Waals surface area contributed by atoms with Crippen LogP contribution >= 0.6 is 0 Å². The highest BCUT2D eigenvalue weighted by atomic mass is 19.1. The van der Waals surface area contributed by atoms with Crippen LogP contribution in [0.3, 0.4) is 0 Å². The molecule has 0 saturated carbocycles. The van der Waals surface area contributed by atoms with Crippen molar-refractivity contribution in [2.75, 3.05) is 6.54 Å². The summed E-state index contributed by atoms with van der Waals surface area (Å²) in [6.07, 6.45) is 6.51. The fourth-order valence-corrected chi connectivity index (χ4v) is 3.61. The molecular formula is C24H26FN3O. The quantitative estimate of drug-likeness (QED) is 0.424. The highest BCUT2D eigenvalue weighted by Crippen LogP contribution is 2.24. The minimum Gasteiger partial charge on any atom is -0.389 e. The van der Waals surface area contributed by atoms with E-state index >= 15 is 0 Å². The number of nitriles is 1. The van der Waals surface area contributed by atoms with Crippen molar-refractivity contribution in [1.82, 2.24) is 10.6 Å². The highest BCUT2D eigenvalue weighted by molar-refractivity contribution is 5.97. The van der Waals surface area contributed by atoms with Crippen molar-refractivity contribution in [3.63, 3.8) is 0 Å². The maximum atomic E-state index is 13.6. The largest absolute Gasteiger partial charge is 0.389 e. The Bertz CT molecular complexity index is 945. The van der Waals surface area contributed by atoms with Gasteiger partial charge in [-0.15, -0.1) is 0 Å². The van der Waals surface area contributed by atoms with Gasteiger partial charge in [0, 0.05) is 12.7 Å². The van der Waals surface area contributed by atoms with Crippen LogP contribution < -0.4 is 10.6 Å². The van der Waals surface area contributed by atoms with Crippen LogP contribution in [0.2, 0.25) is 0 Å². The Morgan fingerprint density at radius 2 is 1.97 bits per heavy atom. The number of fused-ring (bicyclic) bond motifs is 1. The number of benzene rings is 2. The Kier molecular flexibility index (Phi) is 7.02. The van der Waals surface area contributed by atoms with Gasteiger partial charge in [-0.1, -0.05) is 36.4 Å². The molecule has 3 rings (SSSR count). The van der Waals surface area contributed by atoms with E-state index in [9.17, 15) is 14.4 Å². The Balaban J connectivity index is 1.55. The number of carbonyl (C=O) groups excluding carboxylic acids is 1. The molecular weight excluding hydrogens is 365 g/mol. The van der Waals surface area contributed by atoms with Crippen molar-refractivity contribution in [2.24, 2.45) is 0 Å². The third-order valence-electron chi connectivity index (χ3n) is 5.33. The molecule has 1 aliphatic carbocycles. The Morgan fingerprint density at radius 3 is 2.72 bits per heavy atom. The Morgan fingerprint density at radius 1 is 1.21 bits per heavy atom. The fourth-order valence-electron chi connectivity index (χ4n) is 3.61. The Labute approximate surface area is 171 Å².